The van der Waals surface area contributed by atoms with Gasteiger partial charge < -0.3 is 9.88 Å². The van der Waals surface area contributed by atoms with Crippen molar-refractivity contribution in [3.8, 4) is 0 Å². The third-order valence-corrected chi connectivity index (χ3v) is 6.40. The van der Waals surface area contributed by atoms with E-state index >= 15 is 0 Å². The van der Waals surface area contributed by atoms with E-state index in [9.17, 15) is 13.6 Å². The maximum absolute atomic E-state index is 13.8. The number of benzene rings is 1. The minimum Gasteiger partial charge on any atom is -0.357 e. The molecule has 0 aliphatic carbocycles. The average molecular weight is 357 g/mol. The highest BCUT2D eigenvalue weighted by Crippen LogP contribution is 2.47. The fourth-order valence-corrected chi connectivity index (χ4v) is 5.36. The van der Waals surface area contributed by atoms with Crippen molar-refractivity contribution < 1.29 is 13.6 Å². The number of nitrogens with zero attached hydrogens (tertiary/aromatic N) is 2. The molecule has 1 N–H and O–H groups in total. The van der Waals surface area contributed by atoms with E-state index < -0.39 is 11.6 Å². The lowest BCUT2D eigenvalue weighted by Gasteiger charge is -2.51. The van der Waals surface area contributed by atoms with E-state index in [1.165, 1.54) is 12.1 Å². The fourth-order valence-electron chi connectivity index (χ4n) is 5.36. The first-order valence-electron chi connectivity index (χ1n) is 9.26. The molecule has 2 bridgehead atoms. The molecule has 3 atom stereocenters. The van der Waals surface area contributed by atoms with Gasteiger partial charge in [-0.25, -0.2) is 8.78 Å². The molecule has 0 unspecified atom stereocenters. The topological polar surface area (TPSA) is 39.3 Å². The van der Waals surface area contributed by atoms with Gasteiger partial charge in [0.1, 0.15) is 17.3 Å². The largest absolute Gasteiger partial charge is 0.357 e. The molecule has 0 saturated carbocycles. The highest BCUT2D eigenvalue weighted by molar-refractivity contribution is 5.93. The number of rotatable bonds is 2. The molecule has 2 aromatic rings. The standard InChI is InChI=1S/C20H21F2N3O/c21-14-8-13(9-15(22)10-14)16-11-25(20(26)17-2-1-5-23-17)18-12-3-6-24(7-4-12)19(16)18/h1-2,5,8-10,12,16,18-19,23H,3-4,6-7,11H2/t16-,18-,19-/m1/s1. The minimum absolute atomic E-state index is 0.0156. The van der Waals surface area contributed by atoms with Crippen LogP contribution in [0.15, 0.2) is 36.5 Å². The Hall–Kier alpha value is -2.21. The number of piperidine rings is 3. The number of aromatic amines is 1. The Morgan fingerprint density at radius 2 is 1.81 bits per heavy atom. The van der Waals surface area contributed by atoms with Gasteiger partial charge in [0.15, 0.2) is 0 Å². The molecule has 6 heteroatoms. The molecule has 1 amide bonds. The maximum Gasteiger partial charge on any atom is 0.270 e. The van der Waals surface area contributed by atoms with E-state index in [0.717, 1.165) is 32.0 Å². The summed E-state index contributed by atoms with van der Waals surface area (Å²) in [5.41, 5.74) is 1.23. The quantitative estimate of drug-likeness (QED) is 0.898. The molecule has 5 heterocycles. The van der Waals surface area contributed by atoms with Crippen LogP contribution in [0.5, 0.6) is 0 Å². The van der Waals surface area contributed by atoms with E-state index in [2.05, 4.69) is 9.88 Å². The highest BCUT2D eigenvalue weighted by Gasteiger charge is 2.54. The summed E-state index contributed by atoms with van der Waals surface area (Å²) < 4.78 is 27.7. The summed E-state index contributed by atoms with van der Waals surface area (Å²) >= 11 is 0. The monoisotopic (exact) mass is 357 g/mol. The van der Waals surface area contributed by atoms with Crippen molar-refractivity contribution in [3.63, 3.8) is 0 Å². The van der Waals surface area contributed by atoms with Crippen LogP contribution in [-0.2, 0) is 0 Å². The number of fused-ring (bicyclic) bond motifs is 2. The first-order chi connectivity index (χ1) is 12.6. The van der Waals surface area contributed by atoms with E-state index in [4.69, 9.17) is 0 Å². The van der Waals surface area contributed by atoms with Gasteiger partial charge in [-0.05, 0) is 61.7 Å². The Morgan fingerprint density at radius 1 is 1.08 bits per heavy atom. The van der Waals surface area contributed by atoms with Crippen LogP contribution in [-0.4, -0.2) is 52.4 Å². The summed E-state index contributed by atoms with van der Waals surface area (Å²) in [4.78, 5) is 20.4. The number of hydrogen-bond acceptors (Lipinski definition) is 2. The normalized spacial score (nSPS) is 32.7. The summed E-state index contributed by atoms with van der Waals surface area (Å²) in [5.74, 6) is -0.721. The molecule has 4 aliphatic heterocycles. The van der Waals surface area contributed by atoms with E-state index in [0.29, 0.717) is 23.7 Å². The number of H-pyrrole nitrogens is 1. The van der Waals surface area contributed by atoms with Crippen LogP contribution >= 0.6 is 0 Å². The van der Waals surface area contributed by atoms with Crippen molar-refractivity contribution >= 4 is 5.91 Å². The van der Waals surface area contributed by atoms with Gasteiger partial charge in [0.05, 0.1) is 6.04 Å². The SMILES string of the molecule is O=C(c1ccc[nH]1)N1C[C@H](c2cc(F)cc(F)c2)[C@@H]2[C@H]1C1CCN2CC1. The second-order valence-corrected chi connectivity index (χ2v) is 7.71. The van der Waals surface area contributed by atoms with Crippen LogP contribution in [0.1, 0.15) is 34.8 Å². The number of halogens is 2. The van der Waals surface area contributed by atoms with Gasteiger partial charge in [0.2, 0.25) is 0 Å². The molecule has 4 fully saturated rings. The average Bonchev–Trinajstić information content (AvgIpc) is 3.30. The number of carbonyl (C=O) groups excluding carboxylic acids is 1. The lowest BCUT2D eigenvalue weighted by atomic mass is 9.75. The molecule has 1 aromatic carbocycles. The van der Waals surface area contributed by atoms with Crippen molar-refractivity contribution in [3.05, 3.63) is 59.4 Å². The minimum atomic E-state index is -0.554. The van der Waals surface area contributed by atoms with Crippen molar-refractivity contribution in [2.45, 2.75) is 30.8 Å². The highest BCUT2D eigenvalue weighted by atomic mass is 19.1. The number of carbonyl (C=O) groups is 1. The smallest absolute Gasteiger partial charge is 0.270 e. The predicted molar refractivity (Wildman–Crippen MR) is 92.8 cm³/mol. The second-order valence-electron chi connectivity index (χ2n) is 7.71. The third kappa shape index (κ3) is 2.39. The number of hydrogen-bond donors (Lipinski definition) is 1. The maximum atomic E-state index is 13.8. The number of aromatic nitrogens is 1. The van der Waals surface area contributed by atoms with Crippen LogP contribution in [0, 0.1) is 17.6 Å². The number of likely N-dealkylation sites (tertiary alicyclic amines) is 1. The second kappa shape index (κ2) is 5.91. The fraction of sp³-hybridized carbons (Fsp3) is 0.450. The summed E-state index contributed by atoms with van der Waals surface area (Å²) in [6, 6.07) is 7.62. The van der Waals surface area contributed by atoms with Crippen LogP contribution < -0.4 is 0 Å². The lowest BCUT2D eigenvalue weighted by Crippen LogP contribution is -2.60. The Kier molecular flexibility index (Phi) is 3.64. The lowest BCUT2D eigenvalue weighted by molar-refractivity contribution is -0.00359. The summed E-state index contributed by atoms with van der Waals surface area (Å²) in [6.45, 7) is 2.51. The number of nitrogens with one attached hydrogen (secondary N) is 1. The molecule has 4 nitrogen and oxygen atoms in total. The molecular weight excluding hydrogens is 336 g/mol. The van der Waals surface area contributed by atoms with Crippen molar-refractivity contribution in [2.75, 3.05) is 19.6 Å². The summed E-state index contributed by atoms with van der Waals surface area (Å²) in [5, 5.41) is 0. The molecular formula is C20H21F2N3O. The predicted octanol–water partition coefficient (Wildman–Crippen LogP) is 3.00. The zero-order valence-corrected chi connectivity index (χ0v) is 14.4. The number of amides is 1. The van der Waals surface area contributed by atoms with Crippen molar-refractivity contribution in [1.29, 1.82) is 0 Å². The van der Waals surface area contributed by atoms with Gasteiger partial charge in [-0.3, -0.25) is 9.69 Å². The molecule has 0 radical (unpaired) electrons. The Morgan fingerprint density at radius 3 is 2.46 bits per heavy atom. The Labute approximate surface area is 150 Å². The van der Waals surface area contributed by atoms with E-state index in [1.807, 2.05) is 11.0 Å². The van der Waals surface area contributed by atoms with Crippen LogP contribution in [0.4, 0.5) is 8.78 Å². The first kappa shape index (κ1) is 16.0. The molecule has 4 aliphatic rings. The molecule has 1 aromatic heterocycles. The molecule has 4 saturated heterocycles. The van der Waals surface area contributed by atoms with Crippen LogP contribution in [0.3, 0.4) is 0 Å². The molecule has 136 valence electrons. The summed E-state index contributed by atoms with van der Waals surface area (Å²) in [7, 11) is 0. The van der Waals surface area contributed by atoms with Gasteiger partial charge in [-0.1, -0.05) is 0 Å². The molecule has 6 rings (SSSR count). The van der Waals surface area contributed by atoms with Crippen LogP contribution in [0.2, 0.25) is 0 Å². The summed E-state index contributed by atoms with van der Waals surface area (Å²) in [6.07, 6.45) is 3.91. The van der Waals surface area contributed by atoms with Crippen molar-refractivity contribution in [2.24, 2.45) is 5.92 Å². The third-order valence-electron chi connectivity index (χ3n) is 6.40. The Balaban J connectivity index is 1.55. The molecule has 26 heavy (non-hydrogen) atoms. The van der Waals surface area contributed by atoms with Gasteiger partial charge in [0, 0.05) is 30.8 Å². The van der Waals surface area contributed by atoms with Gasteiger partial charge in [-0.2, -0.15) is 0 Å². The van der Waals surface area contributed by atoms with Crippen molar-refractivity contribution in [1.82, 2.24) is 14.8 Å². The van der Waals surface area contributed by atoms with Crippen LogP contribution in [0.25, 0.3) is 0 Å². The zero-order valence-electron chi connectivity index (χ0n) is 14.4. The van der Waals surface area contributed by atoms with Gasteiger partial charge in [0.25, 0.3) is 5.91 Å². The molecule has 0 spiro atoms. The Bertz CT molecular complexity index is 809. The van der Waals surface area contributed by atoms with E-state index in [-0.39, 0.29) is 23.9 Å². The van der Waals surface area contributed by atoms with Gasteiger partial charge >= 0.3 is 0 Å². The zero-order chi connectivity index (χ0) is 17.8. The van der Waals surface area contributed by atoms with Gasteiger partial charge in [-0.15, -0.1) is 0 Å². The van der Waals surface area contributed by atoms with E-state index in [1.54, 1.807) is 12.3 Å². The first-order valence-corrected chi connectivity index (χ1v) is 9.26.